The average molecular weight is 496 g/mol. The number of hydrogen-bond acceptors (Lipinski definition) is 5. The number of likely N-dealkylation sites (N-methyl/N-ethyl adjacent to an activating group) is 1. The minimum Gasteiger partial charge on any atom is -0.490 e. The van der Waals surface area contributed by atoms with E-state index >= 15 is 0 Å². The van der Waals surface area contributed by atoms with E-state index < -0.39 is 11.7 Å². The summed E-state index contributed by atoms with van der Waals surface area (Å²) in [4.78, 5) is 39.8. The lowest BCUT2D eigenvalue weighted by Crippen LogP contribution is -2.54. The molecule has 2 heterocycles. The second kappa shape index (κ2) is 10.3. The molecular weight excluding hydrogens is 465 g/mol. The molecule has 2 fully saturated rings. The van der Waals surface area contributed by atoms with Crippen molar-refractivity contribution in [3.63, 3.8) is 0 Å². The van der Waals surface area contributed by atoms with Crippen LogP contribution in [0, 0.1) is 11.7 Å². The number of fused-ring (bicyclic) bond motifs is 2. The molecule has 190 valence electrons. The Hall–Kier alpha value is -3.46. The van der Waals surface area contributed by atoms with Crippen molar-refractivity contribution in [2.75, 3.05) is 25.5 Å². The molecule has 2 N–H and O–H groups in total. The van der Waals surface area contributed by atoms with Crippen LogP contribution in [0.5, 0.6) is 5.75 Å². The summed E-state index contributed by atoms with van der Waals surface area (Å²) in [6.07, 6.45) is 3.48. The first kappa shape index (κ1) is 24.2. The largest absolute Gasteiger partial charge is 0.490 e. The Bertz CT molecular complexity index is 1170. The molecule has 9 heteroatoms. The number of carbonyl (C=O) groups excluding carboxylic acids is 3. The highest BCUT2D eigenvalue weighted by atomic mass is 19.1. The van der Waals surface area contributed by atoms with Gasteiger partial charge in [0.05, 0.1) is 24.1 Å². The number of halogens is 1. The molecular formula is C27H30FN3O5. The zero-order valence-electron chi connectivity index (χ0n) is 20.2. The normalized spacial score (nSPS) is 23.4. The predicted octanol–water partition coefficient (Wildman–Crippen LogP) is 3.37. The first-order valence-corrected chi connectivity index (χ1v) is 12.4. The fraction of sp³-hybridized carbons (Fsp3) is 0.444. The number of anilines is 1. The van der Waals surface area contributed by atoms with Crippen LogP contribution in [0.3, 0.4) is 0 Å². The lowest BCUT2D eigenvalue weighted by Gasteiger charge is -2.42. The highest BCUT2D eigenvalue weighted by Crippen LogP contribution is 2.33. The summed E-state index contributed by atoms with van der Waals surface area (Å²) < 4.78 is 25.7. The van der Waals surface area contributed by atoms with Crippen LogP contribution in [-0.4, -0.2) is 61.1 Å². The van der Waals surface area contributed by atoms with E-state index in [0.29, 0.717) is 42.2 Å². The van der Waals surface area contributed by atoms with E-state index in [1.807, 2.05) is 0 Å². The van der Waals surface area contributed by atoms with Gasteiger partial charge in [-0.3, -0.25) is 14.4 Å². The van der Waals surface area contributed by atoms with E-state index in [-0.39, 0.29) is 42.2 Å². The van der Waals surface area contributed by atoms with E-state index in [0.717, 1.165) is 12.6 Å². The van der Waals surface area contributed by atoms with Gasteiger partial charge in [0.25, 0.3) is 11.8 Å². The zero-order chi connectivity index (χ0) is 25.2. The number of rotatable bonds is 6. The van der Waals surface area contributed by atoms with Crippen molar-refractivity contribution in [1.29, 1.82) is 0 Å². The molecule has 1 aliphatic carbocycles. The lowest BCUT2D eigenvalue weighted by molar-refractivity contribution is -0.134. The second-order valence-electron chi connectivity index (χ2n) is 9.80. The van der Waals surface area contributed by atoms with Gasteiger partial charge in [0.15, 0.2) is 0 Å². The summed E-state index contributed by atoms with van der Waals surface area (Å²) in [5.41, 5.74) is 0.914. The molecule has 2 aliphatic heterocycles. The van der Waals surface area contributed by atoms with Gasteiger partial charge in [-0.05, 0) is 68.0 Å². The van der Waals surface area contributed by atoms with Crippen molar-refractivity contribution in [2.45, 2.75) is 50.4 Å². The molecule has 0 radical (unpaired) electrons. The van der Waals surface area contributed by atoms with E-state index in [9.17, 15) is 18.8 Å². The third kappa shape index (κ3) is 5.51. The Labute approximate surface area is 209 Å². The molecule has 36 heavy (non-hydrogen) atoms. The summed E-state index contributed by atoms with van der Waals surface area (Å²) in [5, 5.41) is 5.70. The van der Waals surface area contributed by atoms with Crippen LogP contribution in [0.4, 0.5) is 10.1 Å². The molecule has 0 unspecified atom stereocenters. The highest BCUT2D eigenvalue weighted by molar-refractivity contribution is 6.05. The van der Waals surface area contributed by atoms with Crippen molar-refractivity contribution in [3.8, 4) is 5.75 Å². The first-order chi connectivity index (χ1) is 17.4. The lowest BCUT2D eigenvalue weighted by atomic mass is 9.94. The van der Waals surface area contributed by atoms with Crippen molar-refractivity contribution >= 4 is 23.4 Å². The monoisotopic (exact) mass is 495 g/mol. The Kier molecular flexibility index (Phi) is 6.91. The van der Waals surface area contributed by atoms with Gasteiger partial charge < -0.3 is 25.0 Å². The Morgan fingerprint density at radius 2 is 1.94 bits per heavy atom. The maximum Gasteiger partial charge on any atom is 0.257 e. The van der Waals surface area contributed by atoms with Crippen molar-refractivity contribution in [3.05, 3.63) is 59.4 Å². The number of ether oxygens (including phenoxy) is 2. The van der Waals surface area contributed by atoms with Gasteiger partial charge in [0, 0.05) is 24.8 Å². The zero-order valence-corrected chi connectivity index (χ0v) is 20.2. The fourth-order valence-electron chi connectivity index (χ4n) is 4.80. The molecule has 3 amide bonds. The molecule has 0 aromatic heterocycles. The van der Waals surface area contributed by atoms with E-state index in [4.69, 9.17) is 9.47 Å². The average Bonchev–Trinajstić information content (AvgIpc) is 3.70. The number of nitrogens with zero attached hydrogens (tertiary/aromatic N) is 1. The second-order valence-corrected chi connectivity index (χ2v) is 9.80. The summed E-state index contributed by atoms with van der Waals surface area (Å²) in [6, 6.07) is 10.0. The van der Waals surface area contributed by atoms with E-state index in [2.05, 4.69) is 10.6 Å². The fourth-order valence-corrected chi connectivity index (χ4v) is 4.80. The Morgan fingerprint density at radius 1 is 1.11 bits per heavy atom. The van der Waals surface area contributed by atoms with Gasteiger partial charge >= 0.3 is 0 Å². The summed E-state index contributed by atoms with van der Waals surface area (Å²) in [5.74, 6) is -0.210. The van der Waals surface area contributed by atoms with Gasteiger partial charge in [-0.25, -0.2) is 4.39 Å². The van der Waals surface area contributed by atoms with Crippen LogP contribution in [0.1, 0.15) is 52.8 Å². The summed E-state index contributed by atoms with van der Waals surface area (Å²) in [7, 11) is 1.74. The van der Waals surface area contributed by atoms with Gasteiger partial charge in [-0.15, -0.1) is 0 Å². The Balaban J connectivity index is 1.26. The number of amides is 3. The van der Waals surface area contributed by atoms with Crippen LogP contribution in [0.15, 0.2) is 42.5 Å². The van der Waals surface area contributed by atoms with E-state index in [1.165, 1.54) is 31.0 Å². The first-order valence-electron chi connectivity index (χ1n) is 12.4. The number of carbonyl (C=O) groups is 3. The molecule has 3 atom stereocenters. The molecule has 1 saturated heterocycles. The van der Waals surface area contributed by atoms with E-state index in [1.54, 1.807) is 30.1 Å². The quantitative estimate of drug-likeness (QED) is 0.641. The standard InChI is InChI=1S/C27H30FN3O5/c1-31-22-9-8-20(13-25(32)29-14-16-5-6-16)36-24(22)15-35-23-10-7-19(12-21(23)27(31)34)30-26(33)17-3-2-4-18(28)11-17/h2-4,7,10-12,16,20,22,24H,5-6,8-9,13-15H2,1H3,(H,29,32)(H,30,33)/t20-,22-,24-/m1/s1. The Morgan fingerprint density at radius 3 is 2.72 bits per heavy atom. The van der Waals surface area contributed by atoms with Crippen molar-refractivity contribution in [1.82, 2.24) is 10.2 Å². The third-order valence-corrected chi connectivity index (χ3v) is 7.05. The molecule has 3 aliphatic rings. The van der Waals surface area contributed by atoms with Gasteiger partial charge in [-0.1, -0.05) is 6.07 Å². The highest BCUT2D eigenvalue weighted by Gasteiger charge is 2.39. The predicted molar refractivity (Wildman–Crippen MR) is 130 cm³/mol. The number of hydrogen-bond donors (Lipinski definition) is 2. The molecule has 2 aromatic carbocycles. The van der Waals surface area contributed by atoms with Crippen LogP contribution >= 0.6 is 0 Å². The maximum absolute atomic E-state index is 13.5. The summed E-state index contributed by atoms with van der Waals surface area (Å²) >= 11 is 0. The number of benzene rings is 2. The topological polar surface area (TPSA) is 97.0 Å². The molecule has 0 spiro atoms. The van der Waals surface area contributed by atoms with Crippen molar-refractivity contribution in [2.24, 2.45) is 5.92 Å². The molecule has 2 aromatic rings. The molecule has 5 rings (SSSR count). The van der Waals surface area contributed by atoms with Gasteiger partial charge in [0.2, 0.25) is 5.91 Å². The van der Waals surface area contributed by atoms with Crippen molar-refractivity contribution < 1.29 is 28.2 Å². The van der Waals surface area contributed by atoms with Crippen LogP contribution in [-0.2, 0) is 9.53 Å². The van der Waals surface area contributed by atoms with Gasteiger partial charge in [-0.2, -0.15) is 0 Å². The molecule has 1 saturated carbocycles. The number of nitrogens with one attached hydrogen (secondary N) is 2. The summed E-state index contributed by atoms with van der Waals surface area (Å²) in [6.45, 7) is 0.976. The molecule has 8 nitrogen and oxygen atoms in total. The SMILES string of the molecule is CN1C(=O)c2cc(NC(=O)c3cccc(F)c3)ccc2OC[C@H]2O[C@@H](CC(=O)NCC3CC3)CC[C@H]21. The third-order valence-electron chi connectivity index (χ3n) is 7.05. The minimum absolute atomic E-state index is 0.000271. The molecule has 0 bridgehead atoms. The van der Waals surface area contributed by atoms with Crippen LogP contribution < -0.4 is 15.4 Å². The minimum atomic E-state index is -0.503. The smallest absolute Gasteiger partial charge is 0.257 e. The van der Waals surface area contributed by atoms with Crippen LogP contribution in [0.2, 0.25) is 0 Å². The van der Waals surface area contributed by atoms with Gasteiger partial charge in [0.1, 0.15) is 24.3 Å². The maximum atomic E-state index is 13.5. The van der Waals surface area contributed by atoms with Crippen LogP contribution in [0.25, 0.3) is 0 Å².